The maximum absolute atomic E-state index is 13.1. The van der Waals surface area contributed by atoms with Crippen LogP contribution in [0.1, 0.15) is 41.7 Å². The lowest BCUT2D eigenvalue weighted by Gasteiger charge is -2.27. The first-order chi connectivity index (χ1) is 14.1. The Balaban J connectivity index is 1.48. The number of pyridine rings is 1. The van der Waals surface area contributed by atoms with Crippen LogP contribution in [0, 0.1) is 5.82 Å². The fourth-order valence-corrected chi connectivity index (χ4v) is 4.70. The number of nitrogens with zero attached hydrogens (tertiary/aromatic N) is 1. The van der Waals surface area contributed by atoms with Gasteiger partial charge in [-0.25, -0.2) is 4.39 Å². The number of benzene rings is 2. The van der Waals surface area contributed by atoms with Crippen molar-refractivity contribution in [3.63, 3.8) is 0 Å². The van der Waals surface area contributed by atoms with Crippen LogP contribution in [0.3, 0.4) is 0 Å². The lowest BCUT2D eigenvalue weighted by atomic mass is 9.83. The number of halogens is 1. The van der Waals surface area contributed by atoms with E-state index >= 15 is 0 Å². The highest BCUT2D eigenvalue weighted by atomic mass is 32.2. The zero-order chi connectivity index (χ0) is 20.2. The zero-order valence-electron chi connectivity index (χ0n) is 15.9. The molecule has 0 saturated carbocycles. The Bertz CT molecular complexity index is 979. The molecule has 0 fully saturated rings. The van der Waals surface area contributed by atoms with E-state index in [-0.39, 0.29) is 5.82 Å². The van der Waals surface area contributed by atoms with Crippen molar-refractivity contribution in [2.75, 3.05) is 11.9 Å². The van der Waals surface area contributed by atoms with Crippen molar-refractivity contribution in [1.29, 1.82) is 0 Å². The van der Waals surface area contributed by atoms with E-state index in [1.807, 2.05) is 0 Å². The minimum Gasteiger partial charge on any atom is -0.383 e. The second-order valence-electron chi connectivity index (χ2n) is 7.22. The van der Waals surface area contributed by atoms with E-state index in [9.17, 15) is 14.6 Å². The molecule has 0 spiro atoms. The molecule has 3 aromatic rings. The monoisotopic (exact) mass is 410 g/mol. The van der Waals surface area contributed by atoms with E-state index in [1.54, 1.807) is 42.4 Å². The van der Waals surface area contributed by atoms with Crippen molar-refractivity contribution in [3.8, 4) is 0 Å². The summed E-state index contributed by atoms with van der Waals surface area (Å²) in [5.41, 5.74) is 3.77. The van der Waals surface area contributed by atoms with Gasteiger partial charge in [0.05, 0.1) is 11.9 Å². The lowest BCUT2D eigenvalue weighted by Crippen LogP contribution is -2.19. The summed E-state index contributed by atoms with van der Waals surface area (Å²) in [7, 11) is 0. The number of aryl methyl sites for hydroxylation is 1. The molecule has 2 aromatic carbocycles. The molecule has 4 nitrogen and oxygen atoms in total. The molecule has 0 bridgehead atoms. The molecule has 4 rings (SSSR count). The largest absolute Gasteiger partial charge is 0.383 e. The van der Waals surface area contributed by atoms with Gasteiger partial charge in [0.25, 0.3) is 0 Å². The quantitative estimate of drug-likeness (QED) is 0.505. The van der Waals surface area contributed by atoms with Gasteiger partial charge in [0.1, 0.15) is 5.82 Å². The van der Waals surface area contributed by atoms with Crippen LogP contribution in [0.25, 0.3) is 0 Å². The molecule has 0 unspecified atom stereocenters. The van der Waals surface area contributed by atoms with Gasteiger partial charge in [-0.05, 0) is 72.9 Å². The van der Waals surface area contributed by atoms with Gasteiger partial charge in [-0.2, -0.15) is 0 Å². The van der Waals surface area contributed by atoms with Gasteiger partial charge < -0.3 is 15.5 Å². The second-order valence-corrected chi connectivity index (χ2v) is 8.37. The minimum absolute atomic E-state index is 0.222. The molecule has 0 saturated heterocycles. The Hall–Kier alpha value is -2.41. The van der Waals surface area contributed by atoms with E-state index in [1.165, 1.54) is 23.3 Å². The van der Waals surface area contributed by atoms with Crippen LogP contribution in [0.2, 0.25) is 0 Å². The third-order valence-corrected chi connectivity index (χ3v) is 6.27. The zero-order valence-corrected chi connectivity index (χ0v) is 16.7. The number of fused-ring (bicyclic) bond motifs is 1. The first-order valence-corrected chi connectivity index (χ1v) is 10.5. The number of rotatable bonds is 6. The van der Waals surface area contributed by atoms with E-state index in [2.05, 4.69) is 28.5 Å². The van der Waals surface area contributed by atoms with Crippen molar-refractivity contribution in [1.82, 2.24) is 4.98 Å². The maximum Gasteiger partial charge on any atom is 0.180 e. The Labute approximate surface area is 173 Å². The first-order valence-electron chi connectivity index (χ1n) is 9.70. The van der Waals surface area contributed by atoms with E-state index in [0.29, 0.717) is 23.7 Å². The van der Waals surface area contributed by atoms with Gasteiger partial charge in [0, 0.05) is 34.0 Å². The van der Waals surface area contributed by atoms with Gasteiger partial charge >= 0.3 is 0 Å². The highest BCUT2D eigenvalue weighted by Gasteiger charge is 2.21. The second kappa shape index (κ2) is 8.95. The summed E-state index contributed by atoms with van der Waals surface area (Å²) in [6.07, 6.45) is 4.91. The third kappa shape index (κ3) is 4.78. The first kappa shape index (κ1) is 19.9. The maximum atomic E-state index is 13.1. The predicted octanol–water partition coefficient (Wildman–Crippen LogP) is 4.89. The highest BCUT2D eigenvalue weighted by Crippen LogP contribution is 2.36. The molecule has 1 aliphatic carbocycles. The molecular formula is C23H23FN2O2S. The molecule has 1 atom stereocenters. The number of aliphatic hydroxyl groups is 2. The number of aromatic nitrogens is 1. The average molecular weight is 411 g/mol. The van der Waals surface area contributed by atoms with Crippen LogP contribution in [0.4, 0.5) is 10.1 Å². The number of hydrogen-bond acceptors (Lipinski definition) is 5. The average Bonchev–Trinajstić information content (AvgIpc) is 2.74. The van der Waals surface area contributed by atoms with Gasteiger partial charge in [0.2, 0.25) is 0 Å². The molecule has 1 aliphatic rings. The number of nitrogens with one attached hydrogen (secondary N) is 1. The van der Waals surface area contributed by atoms with Crippen molar-refractivity contribution in [3.05, 3.63) is 83.4 Å². The predicted molar refractivity (Wildman–Crippen MR) is 113 cm³/mol. The summed E-state index contributed by atoms with van der Waals surface area (Å²) < 4.78 is 13.1. The topological polar surface area (TPSA) is 65.4 Å². The van der Waals surface area contributed by atoms with Crippen molar-refractivity contribution in [2.45, 2.75) is 41.3 Å². The normalized spacial score (nSPS) is 15.9. The molecule has 6 heteroatoms. The Kier molecular flexibility index (Phi) is 6.13. The van der Waals surface area contributed by atoms with Crippen LogP contribution in [-0.4, -0.2) is 21.7 Å². The summed E-state index contributed by atoms with van der Waals surface area (Å²) in [6.45, 7) is 0.711. The van der Waals surface area contributed by atoms with Gasteiger partial charge in [-0.1, -0.05) is 17.8 Å². The number of aliphatic hydroxyl groups excluding tert-OH is 1. The Morgan fingerprint density at radius 1 is 1.10 bits per heavy atom. The molecule has 1 aromatic heterocycles. The van der Waals surface area contributed by atoms with Crippen LogP contribution < -0.4 is 5.32 Å². The van der Waals surface area contributed by atoms with E-state index in [4.69, 9.17) is 0 Å². The van der Waals surface area contributed by atoms with Crippen LogP contribution >= 0.6 is 11.8 Å². The molecule has 0 aliphatic heterocycles. The van der Waals surface area contributed by atoms with Crippen molar-refractivity contribution < 1.29 is 14.6 Å². The number of hydrogen-bond donors (Lipinski definition) is 3. The van der Waals surface area contributed by atoms with Crippen molar-refractivity contribution >= 4 is 17.4 Å². The lowest BCUT2D eigenvalue weighted by molar-refractivity contribution is -0.0419. The third-order valence-electron chi connectivity index (χ3n) is 5.27. The van der Waals surface area contributed by atoms with Crippen LogP contribution in [0.15, 0.2) is 70.7 Å². The standard InChI is InChI=1S/C23H23FN2O2S/c24-17-4-6-18(7-5-17)29-19-8-9-20-15(12-19)2-1-3-16(20)13-26-22-14-25-11-10-21(22)23(27)28/h4-12,14,16,23,26-28H,1-3,13H2/t16-/m0/s1. The van der Waals surface area contributed by atoms with Crippen LogP contribution in [0.5, 0.6) is 0 Å². The summed E-state index contributed by atoms with van der Waals surface area (Å²) >= 11 is 1.64. The van der Waals surface area contributed by atoms with Gasteiger partial charge in [-0.15, -0.1) is 0 Å². The van der Waals surface area contributed by atoms with Crippen molar-refractivity contribution in [2.24, 2.45) is 0 Å². The summed E-state index contributed by atoms with van der Waals surface area (Å²) in [6, 6.07) is 14.7. The SMILES string of the molecule is OC(O)c1ccncc1NC[C@@H]1CCCc2cc(Sc3ccc(F)cc3)ccc21. The molecule has 1 heterocycles. The summed E-state index contributed by atoms with van der Waals surface area (Å²) in [5.74, 6) is 0.133. The van der Waals surface area contributed by atoms with Gasteiger partial charge in [-0.3, -0.25) is 4.98 Å². The van der Waals surface area contributed by atoms with E-state index in [0.717, 1.165) is 29.1 Å². The molecular weight excluding hydrogens is 387 g/mol. The highest BCUT2D eigenvalue weighted by molar-refractivity contribution is 7.99. The molecule has 0 radical (unpaired) electrons. The molecule has 150 valence electrons. The minimum atomic E-state index is -1.52. The van der Waals surface area contributed by atoms with Gasteiger partial charge in [0.15, 0.2) is 6.29 Å². The number of anilines is 1. The Morgan fingerprint density at radius 3 is 2.69 bits per heavy atom. The molecule has 29 heavy (non-hydrogen) atoms. The summed E-state index contributed by atoms with van der Waals surface area (Å²) in [4.78, 5) is 6.26. The molecule has 3 N–H and O–H groups in total. The Morgan fingerprint density at radius 2 is 1.90 bits per heavy atom. The molecule has 0 amide bonds. The smallest absolute Gasteiger partial charge is 0.180 e. The summed E-state index contributed by atoms with van der Waals surface area (Å²) in [5, 5.41) is 22.4. The van der Waals surface area contributed by atoms with E-state index < -0.39 is 6.29 Å². The fourth-order valence-electron chi connectivity index (χ4n) is 3.82. The fraction of sp³-hybridized carbons (Fsp3) is 0.261. The van der Waals surface area contributed by atoms with Crippen LogP contribution in [-0.2, 0) is 6.42 Å².